The van der Waals surface area contributed by atoms with E-state index in [2.05, 4.69) is 56.8 Å². The SMILES string of the molecule is CCn1c(CN2CC(CN3CCOCC3)c3ccccc32)cnc1SC.O=C(O)CC(O)(CC(=O)O)C(=O)O. The van der Waals surface area contributed by atoms with Crippen molar-refractivity contribution in [1.29, 1.82) is 0 Å². The van der Waals surface area contributed by atoms with Gasteiger partial charge in [-0.25, -0.2) is 9.78 Å². The second-order valence-corrected chi connectivity index (χ2v) is 10.3. The number of anilines is 1. The van der Waals surface area contributed by atoms with E-state index in [1.165, 1.54) is 16.9 Å². The molecule has 0 amide bonds. The molecule has 1 saturated heterocycles. The summed E-state index contributed by atoms with van der Waals surface area (Å²) >= 11 is 1.72. The zero-order valence-electron chi connectivity index (χ0n) is 22.2. The summed E-state index contributed by atoms with van der Waals surface area (Å²) in [7, 11) is 0. The number of para-hydroxylation sites is 1. The van der Waals surface area contributed by atoms with Gasteiger partial charge in [0.25, 0.3) is 0 Å². The Morgan fingerprint density at radius 3 is 2.31 bits per heavy atom. The number of aromatic nitrogens is 2. The molecule has 214 valence electrons. The minimum absolute atomic E-state index is 0.572. The van der Waals surface area contributed by atoms with Crippen LogP contribution in [0.3, 0.4) is 0 Å². The Morgan fingerprint density at radius 2 is 1.74 bits per heavy atom. The molecule has 4 N–H and O–H groups in total. The average molecular weight is 565 g/mol. The highest BCUT2D eigenvalue weighted by atomic mass is 32.2. The molecule has 3 heterocycles. The first kappa shape index (κ1) is 30.4. The van der Waals surface area contributed by atoms with E-state index in [1.807, 2.05) is 6.20 Å². The molecule has 0 bridgehead atoms. The molecule has 1 fully saturated rings. The summed E-state index contributed by atoms with van der Waals surface area (Å²) in [5.74, 6) is -4.45. The first-order chi connectivity index (χ1) is 18.6. The van der Waals surface area contributed by atoms with E-state index in [9.17, 15) is 14.4 Å². The van der Waals surface area contributed by atoms with Crippen molar-refractivity contribution in [3.8, 4) is 0 Å². The van der Waals surface area contributed by atoms with Gasteiger partial charge in [0.15, 0.2) is 10.8 Å². The molecule has 2 aliphatic rings. The lowest BCUT2D eigenvalue weighted by molar-refractivity contribution is -0.170. The van der Waals surface area contributed by atoms with Crippen LogP contribution in [0.25, 0.3) is 0 Å². The van der Waals surface area contributed by atoms with Gasteiger partial charge in [0.2, 0.25) is 0 Å². The monoisotopic (exact) mass is 564 g/mol. The van der Waals surface area contributed by atoms with E-state index in [0.717, 1.165) is 57.6 Å². The number of benzene rings is 1. The van der Waals surface area contributed by atoms with Crippen LogP contribution in [0.15, 0.2) is 35.6 Å². The Balaban J connectivity index is 0.000000276. The fraction of sp³-hybridized carbons (Fsp3) is 0.538. The number of nitrogens with zero attached hydrogens (tertiary/aromatic N) is 4. The highest BCUT2D eigenvalue weighted by Gasteiger charge is 2.40. The number of aliphatic carboxylic acids is 3. The number of ether oxygens (including phenoxy) is 1. The summed E-state index contributed by atoms with van der Waals surface area (Å²) in [5.41, 5.74) is 1.45. The van der Waals surface area contributed by atoms with Gasteiger partial charge in [0, 0.05) is 44.3 Å². The number of carbonyl (C=O) groups is 3. The maximum absolute atomic E-state index is 10.3. The minimum atomic E-state index is -2.74. The van der Waals surface area contributed by atoms with Crippen LogP contribution in [0.2, 0.25) is 0 Å². The summed E-state index contributed by atoms with van der Waals surface area (Å²) < 4.78 is 7.84. The van der Waals surface area contributed by atoms with Gasteiger partial charge in [-0.15, -0.1) is 0 Å². The van der Waals surface area contributed by atoms with Crippen LogP contribution in [0, 0.1) is 0 Å². The van der Waals surface area contributed by atoms with E-state index in [-0.39, 0.29) is 0 Å². The van der Waals surface area contributed by atoms with Crippen LogP contribution in [-0.2, 0) is 32.2 Å². The molecule has 0 radical (unpaired) electrons. The lowest BCUT2D eigenvalue weighted by Gasteiger charge is -2.29. The molecule has 2 aliphatic heterocycles. The summed E-state index contributed by atoms with van der Waals surface area (Å²) in [6.07, 6.45) is 1.86. The predicted molar refractivity (Wildman–Crippen MR) is 144 cm³/mol. The van der Waals surface area contributed by atoms with E-state index in [1.54, 1.807) is 11.8 Å². The van der Waals surface area contributed by atoms with E-state index >= 15 is 0 Å². The number of aliphatic hydroxyl groups is 1. The molecule has 0 saturated carbocycles. The topological polar surface area (TPSA) is 166 Å². The van der Waals surface area contributed by atoms with Crippen molar-refractivity contribution in [3.63, 3.8) is 0 Å². The Hall–Kier alpha value is -3.13. The second kappa shape index (κ2) is 13.8. The zero-order chi connectivity index (χ0) is 28.6. The van der Waals surface area contributed by atoms with Crippen molar-refractivity contribution in [2.75, 3.05) is 50.5 Å². The number of thioether (sulfide) groups is 1. The summed E-state index contributed by atoms with van der Waals surface area (Å²) in [4.78, 5) is 40.2. The molecule has 1 aromatic carbocycles. The molecule has 0 spiro atoms. The summed E-state index contributed by atoms with van der Waals surface area (Å²) in [6.45, 7) is 10.1. The first-order valence-electron chi connectivity index (χ1n) is 12.7. The second-order valence-electron chi connectivity index (χ2n) is 9.51. The number of fused-ring (bicyclic) bond motifs is 1. The van der Waals surface area contributed by atoms with E-state index < -0.39 is 36.4 Å². The van der Waals surface area contributed by atoms with Gasteiger partial charge in [0.1, 0.15) is 0 Å². The van der Waals surface area contributed by atoms with Gasteiger partial charge in [-0.1, -0.05) is 30.0 Å². The molecule has 4 rings (SSSR count). The Labute approximate surface area is 231 Å². The maximum atomic E-state index is 10.3. The Morgan fingerprint density at radius 1 is 1.10 bits per heavy atom. The molecule has 2 aromatic rings. The van der Waals surface area contributed by atoms with Gasteiger partial charge >= 0.3 is 17.9 Å². The van der Waals surface area contributed by atoms with Crippen LogP contribution >= 0.6 is 11.8 Å². The van der Waals surface area contributed by atoms with Crippen LogP contribution < -0.4 is 4.90 Å². The average Bonchev–Trinajstić information content (AvgIpc) is 3.44. The first-order valence-corrected chi connectivity index (χ1v) is 13.9. The normalized spacial score (nSPS) is 17.3. The smallest absolute Gasteiger partial charge is 0.336 e. The third-order valence-corrected chi connectivity index (χ3v) is 7.47. The number of carboxylic acids is 3. The lowest BCUT2D eigenvalue weighted by Crippen LogP contribution is -2.42. The third kappa shape index (κ3) is 7.94. The lowest BCUT2D eigenvalue weighted by atomic mass is 9.96. The van der Waals surface area contributed by atoms with Gasteiger partial charge in [-0.3, -0.25) is 14.5 Å². The number of hydrogen-bond donors (Lipinski definition) is 4. The van der Waals surface area contributed by atoms with Crippen molar-refractivity contribution in [1.82, 2.24) is 14.5 Å². The van der Waals surface area contributed by atoms with E-state index in [4.69, 9.17) is 25.2 Å². The van der Waals surface area contributed by atoms with Crippen molar-refractivity contribution in [2.45, 2.75) is 49.5 Å². The van der Waals surface area contributed by atoms with Crippen LogP contribution in [-0.4, -0.2) is 104 Å². The van der Waals surface area contributed by atoms with Crippen LogP contribution in [0.5, 0.6) is 0 Å². The molecule has 12 nitrogen and oxygen atoms in total. The molecule has 1 unspecified atom stereocenters. The zero-order valence-corrected chi connectivity index (χ0v) is 23.0. The van der Waals surface area contributed by atoms with Gasteiger partial charge in [-0.2, -0.15) is 0 Å². The molecule has 39 heavy (non-hydrogen) atoms. The van der Waals surface area contributed by atoms with Crippen molar-refractivity contribution in [2.24, 2.45) is 0 Å². The number of imidazole rings is 1. The minimum Gasteiger partial charge on any atom is -0.481 e. The fourth-order valence-corrected chi connectivity index (χ4v) is 5.54. The van der Waals surface area contributed by atoms with Crippen LogP contribution in [0.4, 0.5) is 5.69 Å². The molecular weight excluding hydrogens is 528 g/mol. The summed E-state index contributed by atoms with van der Waals surface area (Å²) in [6, 6.07) is 8.92. The maximum Gasteiger partial charge on any atom is 0.336 e. The molecule has 0 aliphatic carbocycles. The largest absolute Gasteiger partial charge is 0.481 e. The standard InChI is InChI=1S/C20H28N4OS.C6H8O7/c1-3-24-17(12-21-20(24)26-2)15-23-14-16(13-22-8-10-25-11-9-22)18-6-4-5-7-19(18)23;7-3(8)1-6(13,5(11)12)2-4(9)10/h4-7,12,16H,3,8-11,13-15H2,1-2H3;13H,1-2H2,(H,7,8)(H,9,10)(H,11,12). The molecule has 1 atom stereocenters. The number of morpholine rings is 1. The quantitative estimate of drug-likeness (QED) is 0.293. The van der Waals surface area contributed by atoms with Crippen molar-refractivity contribution >= 4 is 35.4 Å². The van der Waals surface area contributed by atoms with E-state index in [0.29, 0.717) is 5.92 Å². The van der Waals surface area contributed by atoms with Gasteiger partial charge in [-0.05, 0) is 24.8 Å². The fourth-order valence-electron chi connectivity index (χ4n) is 4.91. The number of hydrogen-bond acceptors (Lipinski definition) is 9. The number of carboxylic acid groups (broad SMARTS) is 3. The van der Waals surface area contributed by atoms with Crippen LogP contribution in [0.1, 0.15) is 36.9 Å². The highest BCUT2D eigenvalue weighted by molar-refractivity contribution is 7.98. The third-order valence-electron chi connectivity index (χ3n) is 6.78. The van der Waals surface area contributed by atoms with Gasteiger partial charge < -0.3 is 34.6 Å². The molecule has 13 heteroatoms. The highest BCUT2D eigenvalue weighted by Crippen LogP contribution is 2.37. The Kier molecular flexibility index (Phi) is 10.7. The molecule has 1 aromatic heterocycles. The van der Waals surface area contributed by atoms with Crippen molar-refractivity contribution < 1.29 is 39.5 Å². The number of rotatable bonds is 11. The predicted octanol–water partition coefficient (Wildman–Crippen LogP) is 1.81. The summed E-state index contributed by atoms with van der Waals surface area (Å²) in [5, 5.41) is 34.9. The Bertz CT molecular complexity index is 1130. The van der Waals surface area contributed by atoms with Gasteiger partial charge in [0.05, 0.1) is 44.5 Å². The van der Waals surface area contributed by atoms with Crippen molar-refractivity contribution in [3.05, 3.63) is 41.7 Å². The molecular formula is C26H36N4O8S.